The number of thioether (sulfide) groups is 1. The molecule has 3 aromatic rings. The summed E-state index contributed by atoms with van der Waals surface area (Å²) < 4.78 is 7.71. The number of nitrogens with zero attached hydrogens (tertiary/aromatic N) is 4. The lowest BCUT2D eigenvalue weighted by Crippen LogP contribution is -2.47. The fraction of sp³-hybridized carbons (Fsp3) is 0.296. The zero-order valence-electron chi connectivity index (χ0n) is 19.9. The third kappa shape index (κ3) is 4.58. The molecule has 0 N–H and O–H groups in total. The minimum Gasteiger partial charge on any atom is -0.372 e. The number of hydrogen-bond donors (Lipinski definition) is 0. The Kier molecular flexibility index (Phi) is 6.15. The number of ether oxygens (including phenoxy) is 1. The Hall–Kier alpha value is -3.16. The number of para-hydroxylation sites is 1. The number of benzene rings is 2. The van der Waals surface area contributed by atoms with E-state index in [0.29, 0.717) is 4.91 Å². The minimum atomic E-state index is -0.203. The second-order valence-corrected chi connectivity index (χ2v) is 10.0. The van der Waals surface area contributed by atoms with Crippen molar-refractivity contribution in [3.63, 3.8) is 0 Å². The van der Waals surface area contributed by atoms with E-state index in [4.69, 9.17) is 9.84 Å². The first kappa shape index (κ1) is 22.6. The van der Waals surface area contributed by atoms with Crippen molar-refractivity contribution in [1.82, 2.24) is 14.7 Å². The molecular formula is C27H28N4O2S. The van der Waals surface area contributed by atoms with Crippen LogP contribution < -0.4 is 0 Å². The first-order chi connectivity index (χ1) is 16.4. The van der Waals surface area contributed by atoms with E-state index in [1.807, 2.05) is 47.3 Å². The Labute approximate surface area is 204 Å². The quantitative estimate of drug-likeness (QED) is 0.488. The van der Waals surface area contributed by atoms with Gasteiger partial charge in [-0.15, -0.1) is 0 Å². The van der Waals surface area contributed by atoms with Gasteiger partial charge in [-0.1, -0.05) is 35.9 Å². The molecule has 2 aliphatic rings. The van der Waals surface area contributed by atoms with Gasteiger partial charge in [-0.2, -0.15) is 10.1 Å². The number of aryl methyl sites for hydroxylation is 2. The summed E-state index contributed by atoms with van der Waals surface area (Å²) >= 11 is 1.44. The van der Waals surface area contributed by atoms with Gasteiger partial charge in [-0.05, 0) is 69.3 Å². The van der Waals surface area contributed by atoms with E-state index in [-0.39, 0.29) is 18.1 Å². The summed E-state index contributed by atoms with van der Waals surface area (Å²) in [5, 5.41) is 5.69. The molecule has 5 rings (SSSR count). The third-order valence-electron chi connectivity index (χ3n) is 6.00. The van der Waals surface area contributed by atoms with Gasteiger partial charge < -0.3 is 9.64 Å². The van der Waals surface area contributed by atoms with E-state index in [1.54, 1.807) is 0 Å². The summed E-state index contributed by atoms with van der Waals surface area (Å²) in [7, 11) is 0. The highest BCUT2D eigenvalue weighted by Crippen LogP contribution is 2.35. The molecule has 174 valence electrons. The van der Waals surface area contributed by atoms with Crippen molar-refractivity contribution >= 4 is 28.9 Å². The molecule has 1 aromatic heterocycles. The number of carbonyl (C=O) groups excluding carboxylic acids is 1. The maximum absolute atomic E-state index is 12.9. The van der Waals surface area contributed by atoms with Gasteiger partial charge in [0.25, 0.3) is 5.91 Å². The number of hydrogen-bond acceptors (Lipinski definition) is 5. The highest BCUT2D eigenvalue weighted by molar-refractivity contribution is 8.18. The molecule has 0 radical (unpaired) electrons. The second kappa shape index (κ2) is 9.24. The van der Waals surface area contributed by atoms with Crippen molar-refractivity contribution in [3.8, 4) is 16.9 Å². The Morgan fingerprint density at radius 3 is 2.53 bits per heavy atom. The summed E-state index contributed by atoms with van der Waals surface area (Å²) in [5.41, 5.74) is 6.09. The largest absolute Gasteiger partial charge is 0.372 e. The van der Waals surface area contributed by atoms with Crippen LogP contribution in [-0.4, -0.2) is 51.1 Å². The van der Waals surface area contributed by atoms with E-state index in [0.717, 1.165) is 46.3 Å². The lowest BCUT2D eigenvalue weighted by atomic mass is 10.0. The van der Waals surface area contributed by atoms with Crippen molar-refractivity contribution in [2.75, 3.05) is 13.1 Å². The number of morpholine rings is 1. The number of aromatic nitrogens is 2. The zero-order valence-corrected chi connectivity index (χ0v) is 20.7. The monoisotopic (exact) mass is 472 g/mol. The Bertz CT molecular complexity index is 1290. The molecule has 3 heterocycles. The van der Waals surface area contributed by atoms with Crippen LogP contribution in [0.1, 0.15) is 30.5 Å². The molecule has 34 heavy (non-hydrogen) atoms. The summed E-state index contributed by atoms with van der Waals surface area (Å²) in [6.45, 7) is 9.74. The summed E-state index contributed by atoms with van der Waals surface area (Å²) in [6.07, 6.45) is 4.13. The molecule has 7 heteroatoms. The summed E-state index contributed by atoms with van der Waals surface area (Å²) in [6, 6.07) is 16.4. The van der Waals surface area contributed by atoms with Crippen LogP contribution >= 0.6 is 11.8 Å². The highest BCUT2D eigenvalue weighted by Gasteiger charge is 2.31. The van der Waals surface area contributed by atoms with Gasteiger partial charge in [0.15, 0.2) is 5.17 Å². The van der Waals surface area contributed by atoms with Crippen molar-refractivity contribution in [3.05, 3.63) is 76.3 Å². The molecule has 1 amide bonds. The van der Waals surface area contributed by atoms with Gasteiger partial charge in [-0.3, -0.25) is 4.79 Å². The first-order valence-electron chi connectivity index (χ1n) is 11.5. The maximum atomic E-state index is 12.9. The molecule has 2 aliphatic heterocycles. The molecule has 2 unspecified atom stereocenters. The van der Waals surface area contributed by atoms with Crippen LogP contribution in [0.25, 0.3) is 23.0 Å². The lowest BCUT2D eigenvalue weighted by molar-refractivity contribution is -0.113. The first-order valence-corrected chi connectivity index (χ1v) is 12.3. The fourth-order valence-electron chi connectivity index (χ4n) is 4.41. The topological polar surface area (TPSA) is 59.7 Å². The summed E-state index contributed by atoms with van der Waals surface area (Å²) in [4.78, 5) is 20.0. The van der Waals surface area contributed by atoms with Crippen LogP contribution in [0, 0.1) is 13.8 Å². The molecular weight excluding hydrogens is 444 g/mol. The van der Waals surface area contributed by atoms with Gasteiger partial charge in [0, 0.05) is 30.4 Å². The minimum absolute atomic E-state index is 0.107. The average Bonchev–Trinajstić information content (AvgIpc) is 3.39. The highest BCUT2D eigenvalue weighted by atomic mass is 32.2. The molecule has 0 aliphatic carbocycles. The molecule has 2 aromatic carbocycles. The van der Waals surface area contributed by atoms with Gasteiger partial charge >= 0.3 is 0 Å². The lowest BCUT2D eigenvalue weighted by Gasteiger charge is -2.35. The predicted octanol–water partition coefficient (Wildman–Crippen LogP) is 5.24. The molecule has 0 saturated carbocycles. The van der Waals surface area contributed by atoms with Crippen molar-refractivity contribution in [2.24, 2.45) is 4.99 Å². The van der Waals surface area contributed by atoms with Crippen molar-refractivity contribution in [2.45, 2.75) is 39.9 Å². The molecule has 1 fully saturated rings. The van der Waals surface area contributed by atoms with Crippen LogP contribution in [0.3, 0.4) is 0 Å². The number of amidine groups is 1. The van der Waals surface area contributed by atoms with E-state index < -0.39 is 0 Å². The van der Waals surface area contributed by atoms with E-state index >= 15 is 0 Å². The standard InChI is InChI=1S/C27H28N4O2S/c1-17-10-11-18(2)23(12-17)25-21(16-31(29-25)22-8-6-5-7-9-22)13-24-26(32)28-27(34-24)30-14-19(3)33-20(4)15-30/h5-13,16,19-20H,14-15H2,1-4H3/b24-13-. The maximum Gasteiger partial charge on any atom is 0.286 e. The predicted molar refractivity (Wildman–Crippen MR) is 138 cm³/mol. The van der Waals surface area contributed by atoms with Crippen LogP contribution in [-0.2, 0) is 9.53 Å². The number of aliphatic imine (C=N–C) groups is 1. The Balaban J connectivity index is 1.52. The molecule has 0 bridgehead atoms. The number of carbonyl (C=O) groups is 1. The Morgan fingerprint density at radius 1 is 1.06 bits per heavy atom. The molecule has 0 spiro atoms. The van der Waals surface area contributed by atoms with Crippen LogP contribution in [0.4, 0.5) is 0 Å². The van der Waals surface area contributed by atoms with Crippen molar-refractivity contribution < 1.29 is 9.53 Å². The molecule has 2 atom stereocenters. The van der Waals surface area contributed by atoms with Crippen LogP contribution in [0.15, 0.2) is 64.6 Å². The number of rotatable bonds is 3. The smallest absolute Gasteiger partial charge is 0.286 e. The average molecular weight is 473 g/mol. The third-order valence-corrected chi connectivity index (χ3v) is 7.04. The van der Waals surface area contributed by atoms with E-state index in [9.17, 15) is 4.79 Å². The van der Waals surface area contributed by atoms with E-state index in [2.05, 4.69) is 55.8 Å². The van der Waals surface area contributed by atoms with Crippen molar-refractivity contribution in [1.29, 1.82) is 0 Å². The van der Waals surface area contributed by atoms with Gasteiger partial charge in [0.1, 0.15) is 5.69 Å². The SMILES string of the molecule is Cc1ccc(C)c(-c2nn(-c3ccccc3)cc2/C=C2\SC(N3CC(C)OC(C)C3)=NC2=O)c1. The van der Waals surface area contributed by atoms with Crippen LogP contribution in [0.2, 0.25) is 0 Å². The van der Waals surface area contributed by atoms with Crippen LogP contribution in [0.5, 0.6) is 0 Å². The van der Waals surface area contributed by atoms with Gasteiger partial charge in [-0.25, -0.2) is 4.68 Å². The number of amides is 1. The molecule has 6 nitrogen and oxygen atoms in total. The van der Waals surface area contributed by atoms with Gasteiger partial charge in [0.2, 0.25) is 0 Å². The normalized spacial score (nSPS) is 21.9. The second-order valence-electron chi connectivity index (χ2n) is 9.00. The zero-order chi connectivity index (χ0) is 23.8. The summed E-state index contributed by atoms with van der Waals surface area (Å²) in [5.74, 6) is -0.203. The fourth-order valence-corrected chi connectivity index (χ4v) is 5.34. The Morgan fingerprint density at radius 2 is 1.79 bits per heavy atom. The van der Waals surface area contributed by atoms with E-state index in [1.165, 1.54) is 17.3 Å². The molecule has 1 saturated heterocycles. The van der Waals surface area contributed by atoms with Gasteiger partial charge in [0.05, 0.1) is 22.8 Å².